The van der Waals surface area contributed by atoms with E-state index in [0.717, 1.165) is 23.4 Å². The molecule has 130 valence electrons. The van der Waals surface area contributed by atoms with E-state index in [1.54, 1.807) is 6.07 Å². The van der Waals surface area contributed by atoms with Crippen molar-refractivity contribution < 1.29 is 14.9 Å². The summed E-state index contributed by atoms with van der Waals surface area (Å²) in [4.78, 5) is 1.99. The van der Waals surface area contributed by atoms with Crippen molar-refractivity contribution in [3.05, 3.63) is 48.0 Å². The lowest BCUT2D eigenvalue weighted by molar-refractivity contribution is 0.304. The molecular formula is C19H26N2O3. The number of anilines is 2. The molecule has 2 aromatic carbocycles. The summed E-state index contributed by atoms with van der Waals surface area (Å²) in [6.45, 7) is 3.96. The summed E-state index contributed by atoms with van der Waals surface area (Å²) in [5.41, 5.74) is 2.84. The van der Waals surface area contributed by atoms with E-state index in [0.29, 0.717) is 25.4 Å². The second-order valence-corrected chi connectivity index (χ2v) is 5.68. The number of hydrogen-bond donors (Lipinski definition) is 3. The van der Waals surface area contributed by atoms with Gasteiger partial charge in [0.25, 0.3) is 0 Å². The molecule has 0 bridgehead atoms. The van der Waals surface area contributed by atoms with Crippen molar-refractivity contribution in [2.45, 2.75) is 19.9 Å². The van der Waals surface area contributed by atoms with E-state index in [1.807, 2.05) is 55.3 Å². The van der Waals surface area contributed by atoms with Crippen LogP contribution in [0.3, 0.4) is 0 Å². The predicted molar refractivity (Wildman–Crippen MR) is 98.0 cm³/mol. The third-order valence-electron chi connectivity index (χ3n) is 3.76. The van der Waals surface area contributed by atoms with Crippen molar-refractivity contribution in [1.82, 2.24) is 0 Å². The van der Waals surface area contributed by atoms with Gasteiger partial charge in [-0.3, -0.25) is 0 Å². The first-order valence-electron chi connectivity index (χ1n) is 8.24. The Bertz CT molecular complexity index is 629. The van der Waals surface area contributed by atoms with Gasteiger partial charge in [-0.1, -0.05) is 6.92 Å². The van der Waals surface area contributed by atoms with E-state index < -0.39 is 0 Å². The number of rotatable bonds is 9. The predicted octanol–water partition coefficient (Wildman–Crippen LogP) is 3.22. The summed E-state index contributed by atoms with van der Waals surface area (Å²) in [7, 11) is 1.94. The molecule has 0 aliphatic heterocycles. The van der Waals surface area contributed by atoms with E-state index in [2.05, 4.69) is 5.32 Å². The lowest BCUT2D eigenvalue weighted by Gasteiger charge is -2.18. The van der Waals surface area contributed by atoms with Gasteiger partial charge in [-0.2, -0.15) is 0 Å². The highest BCUT2D eigenvalue weighted by molar-refractivity contribution is 5.55. The molecule has 0 aliphatic rings. The van der Waals surface area contributed by atoms with E-state index in [1.165, 1.54) is 0 Å². The Morgan fingerprint density at radius 3 is 2.50 bits per heavy atom. The number of aliphatic hydroxyl groups is 1. The second kappa shape index (κ2) is 9.03. The summed E-state index contributed by atoms with van der Waals surface area (Å²) in [5, 5.41) is 22.4. The molecular weight excluding hydrogens is 304 g/mol. The van der Waals surface area contributed by atoms with Crippen LogP contribution in [0.2, 0.25) is 0 Å². The van der Waals surface area contributed by atoms with Crippen LogP contribution in [0.25, 0.3) is 0 Å². The zero-order valence-electron chi connectivity index (χ0n) is 14.3. The Hall–Kier alpha value is -2.40. The monoisotopic (exact) mass is 330 g/mol. The molecule has 0 spiro atoms. The molecule has 0 radical (unpaired) electrons. The van der Waals surface area contributed by atoms with Gasteiger partial charge < -0.3 is 25.2 Å². The normalized spacial score (nSPS) is 10.5. The Kier molecular flexibility index (Phi) is 6.75. The van der Waals surface area contributed by atoms with E-state index >= 15 is 0 Å². The van der Waals surface area contributed by atoms with E-state index in [4.69, 9.17) is 9.84 Å². The standard InChI is InChI=1S/C19H26N2O3/c1-3-12-24-18-9-4-15(19(23)13-18)14-20-16-5-7-17(8-6-16)21(2)10-11-22/h4-9,13,20,22-23H,3,10-12,14H2,1-2H3. The van der Waals surface area contributed by atoms with Gasteiger partial charge in [-0.25, -0.2) is 0 Å². The number of likely N-dealkylation sites (N-methyl/N-ethyl adjacent to an activating group) is 1. The summed E-state index contributed by atoms with van der Waals surface area (Å²) in [5.74, 6) is 0.921. The smallest absolute Gasteiger partial charge is 0.124 e. The third-order valence-corrected chi connectivity index (χ3v) is 3.76. The number of phenolic OH excluding ortho intramolecular Hbond substituents is 1. The lowest BCUT2D eigenvalue weighted by Crippen LogP contribution is -2.20. The van der Waals surface area contributed by atoms with Gasteiger partial charge in [-0.05, 0) is 42.8 Å². The molecule has 0 saturated heterocycles. The maximum atomic E-state index is 10.1. The van der Waals surface area contributed by atoms with Gasteiger partial charge in [0, 0.05) is 43.1 Å². The first-order chi connectivity index (χ1) is 11.6. The van der Waals surface area contributed by atoms with E-state index in [9.17, 15) is 5.11 Å². The number of nitrogens with zero attached hydrogens (tertiary/aromatic N) is 1. The van der Waals surface area contributed by atoms with Crippen LogP contribution in [0, 0.1) is 0 Å². The highest BCUT2D eigenvalue weighted by Crippen LogP contribution is 2.25. The Balaban J connectivity index is 1.93. The zero-order chi connectivity index (χ0) is 17.4. The van der Waals surface area contributed by atoms with Crippen LogP contribution >= 0.6 is 0 Å². The summed E-state index contributed by atoms with van der Waals surface area (Å²) in [6.07, 6.45) is 0.938. The molecule has 0 unspecified atom stereocenters. The molecule has 0 amide bonds. The summed E-state index contributed by atoms with van der Waals surface area (Å²) in [6, 6.07) is 13.4. The first kappa shape index (κ1) is 17.9. The topological polar surface area (TPSA) is 65.0 Å². The Morgan fingerprint density at radius 1 is 1.12 bits per heavy atom. The van der Waals surface area contributed by atoms with Gasteiger partial charge in [0.2, 0.25) is 0 Å². The van der Waals surface area contributed by atoms with E-state index in [-0.39, 0.29) is 12.4 Å². The molecule has 5 nitrogen and oxygen atoms in total. The minimum absolute atomic E-state index is 0.133. The third kappa shape index (κ3) is 5.06. The largest absolute Gasteiger partial charge is 0.507 e. The van der Waals surface area contributed by atoms with Crippen LogP contribution in [0.4, 0.5) is 11.4 Å². The number of aliphatic hydroxyl groups excluding tert-OH is 1. The van der Waals surface area contributed by atoms with Crippen LogP contribution in [-0.4, -0.2) is 37.0 Å². The van der Waals surface area contributed by atoms with Crippen LogP contribution in [0.5, 0.6) is 11.5 Å². The summed E-state index contributed by atoms with van der Waals surface area (Å²) < 4.78 is 5.51. The van der Waals surface area contributed by atoms with Crippen molar-refractivity contribution in [1.29, 1.82) is 0 Å². The number of nitrogens with one attached hydrogen (secondary N) is 1. The molecule has 2 rings (SSSR count). The molecule has 2 aromatic rings. The maximum Gasteiger partial charge on any atom is 0.124 e. The number of hydrogen-bond acceptors (Lipinski definition) is 5. The SMILES string of the molecule is CCCOc1ccc(CNc2ccc(N(C)CCO)cc2)c(O)c1. The molecule has 3 N–H and O–H groups in total. The van der Waals surface area contributed by atoms with Gasteiger partial charge >= 0.3 is 0 Å². The molecule has 24 heavy (non-hydrogen) atoms. The first-order valence-corrected chi connectivity index (χ1v) is 8.24. The molecule has 0 saturated carbocycles. The fraction of sp³-hybridized carbons (Fsp3) is 0.368. The molecule has 0 aromatic heterocycles. The number of benzene rings is 2. The highest BCUT2D eigenvalue weighted by atomic mass is 16.5. The minimum atomic E-state index is 0.133. The Morgan fingerprint density at radius 2 is 1.88 bits per heavy atom. The average molecular weight is 330 g/mol. The van der Waals surface area contributed by atoms with Gasteiger partial charge in [0.05, 0.1) is 13.2 Å². The number of aromatic hydroxyl groups is 1. The number of phenols is 1. The fourth-order valence-electron chi connectivity index (χ4n) is 2.31. The van der Waals surface area contributed by atoms with Crippen molar-refractivity contribution in [3.63, 3.8) is 0 Å². The van der Waals surface area contributed by atoms with Crippen LogP contribution in [0.15, 0.2) is 42.5 Å². The van der Waals surface area contributed by atoms with Crippen molar-refractivity contribution in [3.8, 4) is 11.5 Å². The summed E-state index contributed by atoms with van der Waals surface area (Å²) >= 11 is 0. The lowest BCUT2D eigenvalue weighted by atomic mass is 10.2. The van der Waals surface area contributed by atoms with Crippen LogP contribution in [0.1, 0.15) is 18.9 Å². The van der Waals surface area contributed by atoms with Gasteiger partial charge in [-0.15, -0.1) is 0 Å². The maximum absolute atomic E-state index is 10.1. The second-order valence-electron chi connectivity index (χ2n) is 5.68. The highest BCUT2D eigenvalue weighted by Gasteiger charge is 2.04. The molecule has 0 atom stereocenters. The van der Waals surface area contributed by atoms with Gasteiger partial charge in [0.15, 0.2) is 0 Å². The van der Waals surface area contributed by atoms with Crippen molar-refractivity contribution in [2.24, 2.45) is 0 Å². The zero-order valence-corrected chi connectivity index (χ0v) is 14.3. The van der Waals surface area contributed by atoms with Crippen LogP contribution in [-0.2, 0) is 6.54 Å². The molecule has 0 aliphatic carbocycles. The van der Waals surface area contributed by atoms with Gasteiger partial charge in [0.1, 0.15) is 11.5 Å². The minimum Gasteiger partial charge on any atom is -0.507 e. The Labute approximate surface area is 143 Å². The molecule has 5 heteroatoms. The fourth-order valence-corrected chi connectivity index (χ4v) is 2.31. The quantitative estimate of drug-likeness (QED) is 0.659. The average Bonchev–Trinajstić information content (AvgIpc) is 2.60. The number of ether oxygens (including phenoxy) is 1. The van der Waals surface area contributed by atoms with Crippen molar-refractivity contribution in [2.75, 3.05) is 37.0 Å². The van der Waals surface area contributed by atoms with Crippen molar-refractivity contribution >= 4 is 11.4 Å². The molecule has 0 heterocycles. The molecule has 0 fully saturated rings. The van der Waals surface area contributed by atoms with Crippen LogP contribution < -0.4 is 15.0 Å².